The smallest absolute Gasteiger partial charge is 0.309 e. The molecule has 4 heterocycles. The fourth-order valence-electron chi connectivity index (χ4n) is 9.85. The van der Waals surface area contributed by atoms with Gasteiger partial charge in [0.05, 0.1) is 56.0 Å². The monoisotopic (exact) mass is 926 g/mol. The number of halogens is 6. The van der Waals surface area contributed by atoms with Crippen LogP contribution in [0.3, 0.4) is 0 Å². The third-order valence-corrected chi connectivity index (χ3v) is 13.1. The molecule has 0 aliphatic carbocycles. The summed E-state index contributed by atoms with van der Waals surface area (Å²) in [6, 6.07) is 60.7. The topological polar surface area (TPSA) is 35.6 Å². The normalized spacial score (nSPS) is 12.1. The first kappa shape index (κ1) is 42.6. The van der Waals surface area contributed by atoms with E-state index in [4.69, 9.17) is 0 Å². The van der Waals surface area contributed by atoms with Gasteiger partial charge in [0.1, 0.15) is 0 Å². The van der Waals surface area contributed by atoms with Crippen molar-refractivity contribution in [2.24, 2.45) is 0 Å². The standard InChI is InChI=1S/C60H36F6N4/c61-59(62,63)44-17-11-16-43(30-44)58-56(69-52-20-9-7-18-46(52)48-31-39(22-24-54(48)69)41-26-28-67-50(33-41)37-12-3-1-4-13-37)35-45(60(64,65)66)36-57(58)70-53-21-10-8-19-47(53)49-32-40(23-25-55(49)70)42-27-29-68-51(34-42)38-14-5-2-6-15-38/h1-36H. The van der Waals surface area contributed by atoms with Crippen LogP contribution in [0.4, 0.5) is 26.3 Å². The number of hydrogen-bond acceptors (Lipinski definition) is 2. The molecule has 0 atom stereocenters. The van der Waals surface area contributed by atoms with Crippen LogP contribution in [0.25, 0.3) is 111 Å². The SMILES string of the molecule is FC(F)(F)c1cccc(-c2c(-n3c4ccccc4c4cc(-c5ccnc(-c6ccccc6)c5)ccc43)cc(C(F)(F)F)cc2-n2c3ccccc3c3cc(-c4ccnc(-c5ccccc5)c4)ccc32)c1. The molecule has 0 saturated carbocycles. The van der Waals surface area contributed by atoms with E-state index >= 15 is 13.2 Å². The molecule has 0 aliphatic rings. The summed E-state index contributed by atoms with van der Waals surface area (Å²) in [5, 5.41) is 3.00. The van der Waals surface area contributed by atoms with E-state index in [-0.39, 0.29) is 22.5 Å². The van der Waals surface area contributed by atoms with Gasteiger partial charge < -0.3 is 9.13 Å². The van der Waals surface area contributed by atoms with Crippen LogP contribution < -0.4 is 0 Å². The van der Waals surface area contributed by atoms with E-state index in [0.717, 1.165) is 90.6 Å². The molecule has 0 aliphatic heterocycles. The Bertz CT molecular complexity index is 3760. The molecule has 0 fully saturated rings. The van der Waals surface area contributed by atoms with Gasteiger partial charge in [-0.05, 0) is 113 Å². The summed E-state index contributed by atoms with van der Waals surface area (Å²) in [4.78, 5) is 9.21. The zero-order chi connectivity index (χ0) is 47.7. The van der Waals surface area contributed by atoms with Crippen molar-refractivity contribution in [2.75, 3.05) is 0 Å². The zero-order valence-electron chi connectivity index (χ0n) is 36.8. The highest BCUT2D eigenvalue weighted by atomic mass is 19.4. The molecule has 0 spiro atoms. The highest BCUT2D eigenvalue weighted by Crippen LogP contribution is 2.47. The maximum absolute atomic E-state index is 15.7. The van der Waals surface area contributed by atoms with Gasteiger partial charge in [0.15, 0.2) is 0 Å². The second-order valence-corrected chi connectivity index (χ2v) is 17.2. The average Bonchev–Trinajstić information content (AvgIpc) is 3.90. The third-order valence-electron chi connectivity index (χ3n) is 13.1. The van der Waals surface area contributed by atoms with Gasteiger partial charge in [-0.15, -0.1) is 0 Å². The molecule has 0 radical (unpaired) electrons. The van der Waals surface area contributed by atoms with Gasteiger partial charge in [0, 0.05) is 50.6 Å². The minimum absolute atomic E-state index is 0.0613. The number of rotatable bonds is 7. The number of hydrogen-bond donors (Lipinski definition) is 0. The number of nitrogens with zero attached hydrogens (tertiary/aromatic N) is 4. The first-order valence-corrected chi connectivity index (χ1v) is 22.5. The maximum atomic E-state index is 15.7. The van der Waals surface area contributed by atoms with E-state index in [2.05, 4.69) is 9.97 Å². The van der Waals surface area contributed by atoms with E-state index in [1.807, 2.05) is 170 Å². The Hall–Kier alpha value is -8.76. The molecule has 8 aromatic carbocycles. The van der Waals surface area contributed by atoms with Gasteiger partial charge in [-0.1, -0.05) is 121 Å². The minimum Gasteiger partial charge on any atom is -0.309 e. The first-order chi connectivity index (χ1) is 34.0. The predicted molar refractivity (Wildman–Crippen MR) is 268 cm³/mol. The molecule has 0 saturated heterocycles. The Labute approximate surface area is 397 Å². The van der Waals surface area contributed by atoms with E-state index in [1.165, 1.54) is 12.1 Å². The lowest BCUT2D eigenvalue weighted by Gasteiger charge is -2.23. The molecule has 70 heavy (non-hydrogen) atoms. The van der Waals surface area contributed by atoms with Crippen LogP contribution in [-0.4, -0.2) is 19.1 Å². The predicted octanol–water partition coefficient (Wildman–Crippen LogP) is 17.0. The Morgan fingerprint density at radius 3 is 1.19 bits per heavy atom. The molecule has 0 N–H and O–H groups in total. The lowest BCUT2D eigenvalue weighted by molar-refractivity contribution is -0.138. The van der Waals surface area contributed by atoms with Crippen molar-refractivity contribution in [2.45, 2.75) is 12.4 Å². The van der Waals surface area contributed by atoms with Crippen molar-refractivity contribution in [3.05, 3.63) is 230 Å². The van der Waals surface area contributed by atoms with Crippen LogP contribution in [-0.2, 0) is 12.4 Å². The summed E-state index contributed by atoms with van der Waals surface area (Å²) in [6.07, 6.45) is -6.11. The van der Waals surface area contributed by atoms with Gasteiger partial charge in [-0.3, -0.25) is 9.97 Å². The van der Waals surface area contributed by atoms with Gasteiger partial charge in [-0.2, -0.15) is 26.3 Å². The summed E-state index contributed by atoms with van der Waals surface area (Å²) < 4.78 is 94.6. The largest absolute Gasteiger partial charge is 0.416 e. The maximum Gasteiger partial charge on any atom is 0.416 e. The van der Waals surface area contributed by atoms with E-state index in [0.29, 0.717) is 22.1 Å². The minimum atomic E-state index is -4.86. The summed E-state index contributed by atoms with van der Waals surface area (Å²) >= 11 is 0. The van der Waals surface area contributed by atoms with Gasteiger partial charge in [-0.25, -0.2) is 0 Å². The highest BCUT2D eigenvalue weighted by molar-refractivity contribution is 6.13. The molecule has 0 bridgehead atoms. The number of alkyl halides is 6. The number of fused-ring (bicyclic) bond motifs is 6. The lowest BCUT2D eigenvalue weighted by Crippen LogP contribution is -2.11. The van der Waals surface area contributed by atoms with Crippen molar-refractivity contribution in [1.29, 1.82) is 0 Å². The van der Waals surface area contributed by atoms with Crippen molar-refractivity contribution in [1.82, 2.24) is 19.1 Å². The number of aromatic nitrogens is 4. The fraction of sp³-hybridized carbons (Fsp3) is 0.0333. The molecule has 0 amide bonds. The molecule has 0 unspecified atom stereocenters. The Morgan fingerprint density at radius 2 is 0.714 bits per heavy atom. The first-order valence-electron chi connectivity index (χ1n) is 22.5. The van der Waals surface area contributed by atoms with Crippen LogP contribution in [0.5, 0.6) is 0 Å². The summed E-state index contributed by atoms with van der Waals surface area (Å²) in [7, 11) is 0. The molecule has 10 heteroatoms. The van der Waals surface area contributed by atoms with Crippen molar-refractivity contribution in [3.63, 3.8) is 0 Å². The number of benzene rings is 8. The van der Waals surface area contributed by atoms with Gasteiger partial charge in [0.2, 0.25) is 0 Å². The number of pyridine rings is 2. The zero-order valence-corrected chi connectivity index (χ0v) is 36.8. The van der Waals surface area contributed by atoms with Crippen LogP contribution >= 0.6 is 0 Å². The molecular weight excluding hydrogens is 891 g/mol. The second-order valence-electron chi connectivity index (χ2n) is 17.2. The van der Waals surface area contributed by atoms with E-state index in [1.54, 1.807) is 21.5 Å². The van der Waals surface area contributed by atoms with Crippen molar-refractivity contribution >= 4 is 43.6 Å². The molecule has 4 nitrogen and oxygen atoms in total. The van der Waals surface area contributed by atoms with Gasteiger partial charge in [0.25, 0.3) is 0 Å². The Balaban J connectivity index is 1.14. The summed E-state index contributed by atoms with van der Waals surface area (Å²) in [6.45, 7) is 0. The van der Waals surface area contributed by atoms with Crippen LogP contribution in [0.2, 0.25) is 0 Å². The Morgan fingerprint density at radius 1 is 0.300 bits per heavy atom. The summed E-state index contributed by atoms with van der Waals surface area (Å²) in [5.74, 6) is 0. The van der Waals surface area contributed by atoms with Crippen LogP contribution in [0.15, 0.2) is 219 Å². The van der Waals surface area contributed by atoms with E-state index in [9.17, 15) is 13.2 Å². The highest BCUT2D eigenvalue weighted by Gasteiger charge is 2.36. The van der Waals surface area contributed by atoms with Crippen LogP contribution in [0, 0.1) is 0 Å². The average molecular weight is 927 g/mol. The van der Waals surface area contributed by atoms with E-state index < -0.39 is 23.5 Å². The van der Waals surface area contributed by atoms with Gasteiger partial charge >= 0.3 is 12.4 Å². The Kier molecular flexibility index (Phi) is 10.0. The summed E-state index contributed by atoms with van der Waals surface area (Å²) in [5.41, 5.74) is 7.70. The van der Waals surface area contributed by atoms with Crippen molar-refractivity contribution in [3.8, 4) is 67.3 Å². The van der Waals surface area contributed by atoms with Crippen LogP contribution in [0.1, 0.15) is 11.1 Å². The molecule has 12 rings (SSSR count). The van der Waals surface area contributed by atoms with Crippen molar-refractivity contribution < 1.29 is 26.3 Å². The third kappa shape index (κ3) is 7.36. The number of para-hydroxylation sites is 2. The second kappa shape index (κ2) is 16.5. The molecule has 4 aromatic heterocycles. The molecule has 338 valence electrons. The quantitative estimate of drug-likeness (QED) is 0.149. The lowest BCUT2D eigenvalue weighted by atomic mass is 9.96. The fourth-order valence-corrected chi connectivity index (χ4v) is 9.85. The molecule has 12 aromatic rings. The molecular formula is C60H36F6N4.